The average molecular weight is 293 g/mol. The fourth-order valence-corrected chi connectivity index (χ4v) is 2.47. The summed E-state index contributed by atoms with van der Waals surface area (Å²) >= 11 is 0. The van der Waals surface area contributed by atoms with E-state index in [2.05, 4.69) is 10.4 Å². The first-order chi connectivity index (χ1) is 10.0. The normalized spacial score (nSPS) is 14.7. The number of nitrogens with zero attached hydrogens (tertiary/aromatic N) is 4. The molecule has 2 rings (SSSR count). The fraction of sp³-hybridized carbons (Fsp3) is 0.643. The van der Waals surface area contributed by atoms with Gasteiger partial charge in [0.15, 0.2) is 0 Å². The number of carbonyl (C=O) groups excluding carboxylic acids is 2. The number of hydrogen-bond acceptors (Lipinski definition) is 4. The van der Waals surface area contributed by atoms with E-state index in [1.807, 2.05) is 25.2 Å². The van der Waals surface area contributed by atoms with Crippen LogP contribution in [0.4, 0.5) is 0 Å². The molecule has 0 radical (unpaired) electrons. The third-order valence-corrected chi connectivity index (χ3v) is 3.52. The Balaban J connectivity index is 1.67. The van der Waals surface area contributed by atoms with Crippen LogP contribution in [-0.2, 0) is 23.2 Å². The predicted molar refractivity (Wildman–Crippen MR) is 78.4 cm³/mol. The highest BCUT2D eigenvalue weighted by atomic mass is 16.2. The maximum absolute atomic E-state index is 11.8. The van der Waals surface area contributed by atoms with E-state index in [4.69, 9.17) is 0 Å². The Morgan fingerprint density at radius 2 is 2.10 bits per heavy atom. The molecule has 0 spiro atoms. The quantitative estimate of drug-likeness (QED) is 0.774. The molecule has 7 nitrogen and oxygen atoms in total. The number of aryl methyl sites for hydroxylation is 1. The van der Waals surface area contributed by atoms with Crippen molar-refractivity contribution >= 4 is 11.8 Å². The summed E-state index contributed by atoms with van der Waals surface area (Å²) in [6.45, 7) is 2.65. The van der Waals surface area contributed by atoms with Crippen molar-refractivity contribution in [2.45, 2.75) is 19.4 Å². The van der Waals surface area contributed by atoms with E-state index in [1.54, 1.807) is 15.8 Å². The van der Waals surface area contributed by atoms with Crippen LogP contribution in [0.2, 0.25) is 0 Å². The lowest BCUT2D eigenvalue weighted by molar-refractivity contribution is -0.132. The molecule has 2 heterocycles. The van der Waals surface area contributed by atoms with Gasteiger partial charge in [-0.3, -0.25) is 19.2 Å². The largest absolute Gasteiger partial charge is 0.346 e. The van der Waals surface area contributed by atoms with E-state index in [1.165, 1.54) is 0 Å². The molecule has 0 saturated carbocycles. The first kappa shape index (κ1) is 15.5. The maximum atomic E-state index is 11.8. The Labute approximate surface area is 124 Å². The van der Waals surface area contributed by atoms with Gasteiger partial charge in [0.2, 0.25) is 11.8 Å². The van der Waals surface area contributed by atoms with E-state index in [0.717, 1.165) is 31.5 Å². The molecule has 1 aromatic heterocycles. The van der Waals surface area contributed by atoms with Crippen LogP contribution in [0, 0.1) is 0 Å². The van der Waals surface area contributed by atoms with Crippen molar-refractivity contribution in [3.8, 4) is 0 Å². The van der Waals surface area contributed by atoms with Crippen molar-refractivity contribution in [1.29, 1.82) is 0 Å². The molecule has 1 fully saturated rings. The highest BCUT2D eigenvalue weighted by molar-refractivity contribution is 5.85. The number of likely N-dealkylation sites (N-methyl/N-ethyl adjacent to an activating group) is 1. The second-order valence-corrected chi connectivity index (χ2v) is 5.56. The minimum Gasteiger partial charge on any atom is -0.346 e. The number of carbonyl (C=O) groups is 2. The molecular weight excluding hydrogens is 270 g/mol. The molecule has 7 heteroatoms. The van der Waals surface area contributed by atoms with Crippen LogP contribution in [0.1, 0.15) is 18.4 Å². The molecule has 0 bridgehead atoms. The van der Waals surface area contributed by atoms with Crippen molar-refractivity contribution in [3.63, 3.8) is 0 Å². The summed E-state index contributed by atoms with van der Waals surface area (Å²) in [6.07, 6.45) is 5.83. The van der Waals surface area contributed by atoms with Crippen molar-refractivity contribution in [3.05, 3.63) is 18.0 Å². The van der Waals surface area contributed by atoms with Gasteiger partial charge in [0, 0.05) is 38.4 Å². The highest BCUT2D eigenvalue weighted by Crippen LogP contribution is 2.06. The third-order valence-electron chi connectivity index (χ3n) is 3.52. The Morgan fingerprint density at radius 3 is 2.71 bits per heavy atom. The van der Waals surface area contributed by atoms with Crippen molar-refractivity contribution < 1.29 is 9.59 Å². The predicted octanol–water partition coefficient (Wildman–Crippen LogP) is -0.409. The van der Waals surface area contributed by atoms with Crippen molar-refractivity contribution in [1.82, 2.24) is 24.9 Å². The third kappa shape index (κ3) is 4.86. The fourth-order valence-electron chi connectivity index (χ4n) is 2.47. The van der Waals surface area contributed by atoms with Gasteiger partial charge in [-0.15, -0.1) is 0 Å². The van der Waals surface area contributed by atoms with E-state index in [9.17, 15) is 9.59 Å². The number of hydrogen-bond donors (Lipinski definition) is 1. The Hall–Kier alpha value is -1.89. The van der Waals surface area contributed by atoms with E-state index in [-0.39, 0.29) is 24.9 Å². The minimum absolute atomic E-state index is 0.00997. The van der Waals surface area contributed by atoms with Crippen LogP contribution >= 0.6 is 0 Å². The molecule has 1 N–H and O–H groups in total. The van der Waals surface area contributed by atoms with Crippen LogP contribution in [0.15, 0.2) is 12.4 Å². The van der Waals surface area contributed by atoms with Crippen LogP contribution in [0.3, 0.4) is 0 Å². The molecule has 0 atom stereocenters. The number of likely N-dealkylation sites (tertiary alicyclic amines) is 1. The monoisotopic (exact) mass is 293 g/mol. The summed E-state index contributed by atoms with van der Waals surface area (Å²) in [5, 5.41) is 6.78. The van der Waals surface area contributed by atoms with Gasteiger partial charge in [-0.1, -0.05) is 0 Å². The Morgan fingerprint density at radius 1 is 1.38 bits per heavy atom. The lowest BCUT2D eigenvalue weighted by Gasteiger charge is -2.17. The molecular formula is C14H23N5O2. The Kier molecular flexibility index (Phi) is 5.32. The van der Waals surface area contributed by atoms with Crippen LogP contribution in [0.25, 0.3) is 0 Å². The summed E-state index contributed by atoms with van der Waals surface area (Å²) in [6, 6.07) is 0. The second kappa shape index (κ2) is 7.21. The first-order valence-electron chi connectivity index (χ1n) is 7.25. The lowest BCUT2D eigenvalue weighted by Crippen LogP contribution is -2.42. The van der Waals surface area contributed by atoms with E-state index < -0.39 is 0 Å². The van der Waals surface area contributed by atoms with Gasteiger partial charge in [0.25, 0.3) is 0 Å². The van der Waals surface area contributed by atoms with Crippen LogP contribution in [0.5, 0.6) is 0 Å². The molecule has 1 aromatic rings. The van der Waals surface area contributed by atoms with Gasteiger partial charge in [-0.2, -0.15) is 5.10 Å². The topological polar surface area (TPSA) is 70.5 Å². The van der Waals surface area contributed by atoms with Gasteiger partial charge in [0.1, 0.15) is 0 Å². The number of amides is 2. The highest BCUT2D eigenvalue weighted by Gasteiger charge is 2.18. The standard InChI is InChI=1S/C14H23N5O2/c1-17(9-12-7-16-18(2)10-12)11-13(20)15-8-14(21)19-5-3-4-6-19/h7,10H,3-6,8-9,11H2,1-2H3,(H,15,20). The average Bonchev–Trinajstić information content (AvgIpc) is 3.07. The molecule has 116 valence electrons. The van der Waals surface area contributed by atoms with Gasteiger partial charge in [0.05, 0.1) is 19.3 Å². The molecule has 0 unspecified atom stereocenters. The zero-order valence-electron chi connectivity index (χ0n) is 12.7. The molecule has 21 heavy (non-hydrogen) atoms. The summed E-state index contributed by atoms with van der Waals surface area (Å²) in [5.41, 5.74) is 1.06. The first-order valence-corrected chi connectivity index (χ1v) is 7.25. The van der Waals surface area contributed by atoms with E-state index >= 15 is 0 Å². The molecule has 2 amide bonds. The molecule has 1 aliphatic rings. The van der Waals surface area contributed by atoms with Crippen LogP contribution < -0.4 is 5.32 Å². The van der Waals surface area contributed by atoms with Crippen molar-refractivity contribution in [2.24, 2.45) is 7.05 Å². The summed E-state index contributed by atoms with van der Waals surface area (Å²) in [7, 11) is 3.73. The summed E-state index contributed by atoms with van der Waals surface area (Å²) < 4.78 is 1.73. The summed E-state index contributed by atoms with van der Waals surface area (Å²) in [5.74, 6) is -0.121. The van der Waals surface area contributed by atoms with Gasteiger partial charge in [-0.25, -0.2) is 0 Å². The zero-order valence-corrected chi connectivity index (χ0v) is 12.7. The minimum atomic E-state index is -0.131. The maximum Gasteiger partial charge on any atom is 0.241 e. The molecule has 0 aliphatic carbocycles. The second-order valence-electron chi connectivity index (χ2n) is 5.56. The Bertz CT molecular complexity index is 493. The molecule has 1 aliphatic heterocycles. The van der Waals surface area contributed by atoms with Crippen molar-refractivity contribution in [2.75, 3.05) is 33.2 Å². The molecule has 1 saturated heterocycles. The van der Waals surface area contributed by atoms with E-state index in [0.29, 0.717) is 6.54 Å². The van der Waals surface area contributed by atoms with Gasteiger partial charge < -0.3 is 10.2 Å². The SMILES string of the molecule is CN(CC(=O)NCC(=O)N1CCCC1)Cc1cnn(C)c1. The van der Waals surface area contributed by atoms with Gasteiger partial charge in [-0.05, 0) is 19.9 Å². The van der Waals surface area contributed by atoms with Gasteiger partial charge >= 0.3 is 0 Å². The molecule has 0 aromatic carbocycles. The zero-order chi connectivity index (χ0) is 15.2. The number of aromatic nitrogens is 2. The smallest absolute Gasteiger partial charge is 0.241 e. The lowest BCUT2D eigenvalue weighted by atomic mass is 10.3. The summed E-state index contributed by atoms with van der Waals surface area (Å²) in [4.78, 5) is 27.3. The van der Waals surface area contributed by atoms with Crippen LogP contribution in [-0.4, -0.2) is 64.6 Å². The number of rotatable bonds is 6. The number of nitrogens with one attached hydrogen (secondary N) is 1.